The number of benzene rings is 2. The van der Waals surface area contributed by atoms with Crippen LogP contribution in [0.3, 0.4) is 0 Å². The first-order chi connectivity index (χ1) is 9.61. The molecule has 3 aromatic rings. The van der Waals surface area contributed by atoms with Crippen LogP contribution in [0.15, 0.2) is 51.5 Å². The van der Waals surface area contributed by atoms with Crippen molar-refractivity contribution < 1.29 is 9.32 Å². The van der Waals surface area contributed by atoms with Crippen LogP contribution in [0.4, 0.5) is 5.69 Å². The molecule has 0 saturated carbocycles. The highest BCUT2D eigenvalue weighted by molar-refractivity contribution is 9.10. The first-order valence-electron chi connectivity index (χ1n) is 6.06. The molecule has 0 saturated heterocycles. The maximum atomic E-state index is 12.0. The zero-order chi connectivity index (χ0) is 14.1. The first-order valence-corrected chi connectivity index (χ1v) is 6.85. The van der Waals surface area contributed by atoms with E-state index in [0.29, 0.717) is 5.69 Å². The molecule has 1 amide bonds. The van der Waals surface area contributed by atoms with E-state index in [1.54, 1.807) is 13.0 Å². The van der Waals surface area contributed by atoms with Crippen LogP contribution in [0.25, 0.3) is 10.8 Å². The number of aromatic nitrogens is 1. The Kier molecular flexibility index (Phi) is 3.28. The Hall–Kier alpha value is -2.14. The molecule has 3 rings (SSSR count). The van der Waals surface area contributed by atoms with E-state index in [4.69, 9.17) is 4.52 Å². The number of anilines is 1. The van der Waals surface area contributed by atoms with Crippen LogP contribution in [-0.4, -0.2) is 11.1 Å². The summed E-state index contributed by atoms with van der Waals surface area (Å²) in [5.41, 5.74) is 1.40. The van der Waals surface area contributed by atoms with Gasteiger partial charge >= 0.3 is 0 Å². The number of carbonyl (C=O) groups excluding carboxylic acids is 1. The van der Waals surface area contributed by atoms with Crippen molar-refractivity contribution in [1.29, 1.82) is 0 Å². The molecular formula is C15H11BrN2O2. The maximum Gasteiger partial charge on any atom is 0.294 e. The number of aryl methyl sites for hydroxylation is 1. The molecule has 1 heterocycles. The number of halogens is 1. The summed E-state index contributed by atoms with van der Waals surface area (Å²) in [4.78, 5) is 12.0. The molecule has 0 aliphatic carbocycles. The SMILES string of the molecule is Cc1cc(C(=O)Nc2ccc3cc(Br)ccc3c2)on1. The smallest absolute Gasteiger partial charge is 0.294 e. The molecule has 0 spiro atoms. The fraction of sp³-hybridized carbons (Fsp3) is 0.0667. The topological polar surface area (TPSA) is 55.1 Å². The van der Waals surface area contributed by atoms with Crippen LogP contribution < -0.4 is 5.32 Å². The van der Waals surface area contributed by atoms with E-state index in [1.165, 1.54) is 0 Å². The minimum Gasteiger partial charge on any atom is -0.351 e. The zero-order valence-corrected chi connectivity index (χ0v) is 12.3. The predicted octanol–water partition coefficient (Wildman–Crippen LogP) is 4.15. The minimum absolute atomic E-state index is 0.207. The first kappa shape index (κ1) is 12.9. The molecule has 2 aromatic carbocycles. The van der Waals surface area contributed by atoms with Crippen LogP contribution in [0.5, 0.6) is 0 Å². The quantitative estimate of drug-likeness (QED) is 0.767. The van der Waals surface area contributed by atoms with Crippen molar-refractivity contribution in [3.8, 4) is 0 Å². The summed E-state index contributed by atoms with van der Waals surface area (Å²) in [5, 5.41) is 8.65. The summed E-state index contributed by atoms with van der Waals surface area (Å²) in [7, 11) is 0. The third-order valence-corrected chi connectivity index (χ3v) is 3.41. The van der Waals surface area contributed by atoms with Gasteiger partial charge in [-0.15, -0.1) is 0 Å². The van der Waals surface area contributed by atoms with Crippen molar-refractivity contribution in [2.45, 2.75) is 6.92 Å². The van der Waals surface area contributed by atoms with Crippen molar-refractivity contribution in [2.75, 3.05) is 5.32 Å². The predicted molar refractivity (Wildman–Crippen MR) is 80.8 cm³/mol. The Bertz CT molecular complexity index is 795. The van der Waals surface area contributed by atoms with Gasteiger partial charge in [0.25, 0.3) is 5.91 Å². The molecule has 4 nitrogen and oxygen atoms in total. The van der Waals surface area contributed by atoms with Gasteiger partial charge in [0.05, 0.1) is 5.69 Å². The molecule has 0 bridgehead atoms. The molecule has 20 heavy (non-hydrogen) atoms. The molecule has 0 aliphatic rings. The van der Waals surface area contributed by atoms with Gasteiger partial charge in [-0.3, -0.25) is 4.79 Å². The van der Waals surface area contributed by atoms with E-state index in [1.807, 2.05) is 36.4 Å². The molecule has 100 valence electrons. The lowest BCUT2D eigenvalue weighted by atomic mass is 10.1. The van der Waals surface area contributed by atoms with Gasteiger partial charge in [0, 0.05) is 16.2 Å². The highest BCUT2D eigenvalue weighted by Gasteiger charge is 2.11. The lowest BCUT2D eigenvalue weighted by Crippen LogP contribution is -2.10. The van der Waals surface area contributed by atoms with Gasteiger partial charge in [-0.05, 0) is 42.0 Å². The number of nitrogens with zero attached hydrogens (tertiary/aromatic N) is 1. The fourth-order valence-corrected chi connectivity index (χ4v) is 2.34. The number of rotatable bonds is 2. The molecule has 0 aliphatic heterocycles. The third kappa shape index (κ3) is 2.58. The normalized spacial score (nSPS) is 10.7. The summed E-state index contributed by atoms with van der Waals surface area (Å²) in [6.45, 7) is 1.77. The average molecular weight is 331 g/mol. The van der Waals surface area contributed by atoms with Crippen LogP contribution in [-0.2, 0) is 0 Å². The number of carbonyl (C=O) groups is 1. The van der Waals surface area contributed by atoms with Crippen molar-refractivity contribution >= 4 is 38.3 Å². The monoisotopic (exact) mass is 330 g/mol. The van der Waals surface area contributed by atoms with E-state index in [-0.39, 0.29) is 11.7 Å². The van der Waals surface area contributed by atoms with Crippen molar-refractivity contribution in [2.24, 2.45) is 0 Å². The van der Waals surface area contributed by atoms with Crippen molar-refractivity contribution in [1.82, 2.24) is 5.16 Å². The van der Waals surface area contributed by atoms with E-state index >= 15 is 0 Å². The Morgan fingerprint density at radius 2 is 1.90 bits per heavy atom. The van der Waals surface area contributed by atoms with Gasteiger partial charge in [-0.2, -0.15) is 0 Å². The summed E-state index contributed by atoms with van der Waals surface area (Å²) in [6, 6.07) is 13.3. The molecule has 5 heteroatoms. The van der Waals surface area contributed by atoms with Gasteiger partial charge in [0.15, 0.2) is 0 Å². The Morgan fingerprint density at radius 1 is 1.15 bits per heavy atom. The second kappa shape index (κ2) is 5.09. The highest BCUT2D eigenvalue weighted by atomic mass is 79.9. The lowest BCUT2D eigenvalue weighted by molar-refractivity contribution is 0.0988. The summed E-state index contributed by atoms with van der Waals surface area (Å²) in [6.07, 6.45) is 0. The standard InChI is InChI=1S/C15H11BrN2O2/c1-9-6-14(20-18-9)15(19)17-13-5-3-10-7-12(16)4-2-11(10)8-13/h2-8H,1H3,(H,17,19). The molecule has 0 fully saturated rings. The van der Waals surface area contributed by atoms with E-state index in [9.17, 15) is 4.79 Å². The second-order valence-electron chi connectivity index (χ2n) is 4.49. The molecule has 0 radical (unpaired) electrons. The van der Waals surface area contributed by atoms with Crippen LogP contribution in [0.2, 0.25) is 0 Å². The molecule has 1 N–H and O–H groups in total. The van der Waals surface area contributed by atoms with E-state index in [2.05, 4.69) is 26.4 Å². The molecular weight excluding hydrogens is 320 g/mol. The third-order valence-electron chi connectivity index (χ3n) is 2.91. The highest BCUT2D eigenvalue weighted by Crippen LogP contribution is 2.23. The van der Waals surface area contributed by atoms with Gasteiger partial charge in [-0.1, -0.05) is 33.2 Å². The van der Waals surface area contributed by atoms with Gasteiger partial charge in [0.2, 0.25) is 5.76 Å². The molecule has 0 unspecified atom stereocenters. The minimum atomic E-state index is -0.304. The Balaban J connectivity index is 1.87. The fourth-order valence-electron chi connectivity index (χ4n) is 1.96. The molecule has 1 aromatic heterocycles. The van der Waals surface area contributed by atoms with Gasteiger partial charge < -0.3 is 9.84 Å². The summed E-state index contributed by atoms with van der Waals surface area (Å²) >= 11 is 3.44. The largest absolute Gasteiger partial charge is 0.351 e. The summed E-state index contributed by atoms with van der Waals surface area (Å²) < 4.78 is 5.96. The number of amides is 1. The number of nitrogens with one attached hydrogen (secondary N) is 1. The van der Waals surface area contributed by atoms with E-state index in [0.717, 1.165) is 20.9 Å². The lowest BCUT2D eigenvalue weighted by Gasteiger charge is -2.05. The van der Waals surface area contributed by atoms with Crippen LogP contribution in [0, 0.1) is 6.92 Å². The second-order valence-corrected chi connectivity index (χ2v) is 5.41. The number of hydrogen-bond acceptors (Lipinski definition) is 3. The van der Waals surface area contributed by atoms with Crippen LogP contribution in [0.1, 0.15) is 16.2 Å². The van der Waals surface area contributed by atoms with E-state index < -0.39 is 0 Å². The zero-order valence-electron chi connectivity index (χ0n) is 10.7. The van der Waals surface area contributed by atoms with Crippen LogP contribution >= 0.6 is 15.9 Å². The molecule has 0 atom stereocenters. The maximum absolute atomic E-state index is 12.0. The Labute approximate surface area is 123 Å². The van der Waals surface area contributed by atoms with Crippen molar-refractivity contribution in [3.05, 3.63) is 58.4 Å². The average Bonchev–Trinajstić information content (AvgIpc) is 2.86. The number of hydrogen-bond donors (Lipinski definition) is 1. The summed E-state index contributed by atoms with van der Waals surface area (Å²) in [5.74, 6) is -0.0968. The van der Waals surface area contributed by atoms with Gasteiger partial charge in [-0.25, -0.2) is 0 Å². The van der Waals surface area contributed by atoms with Crippen molar-refractivity contribution in [3.63, 3.8) is 0 Å². The number of fused-ring (bicyclic) bond motifs is 1. The Morgan fingerprint density at radius 3 is 2.65 bits per heavy atom. The van der Waals surface area contributed by atoms with Gasteiger partial charge in [0.1, 0.15) is 0 Å².